The molecule has 1 heterocycles. The van der Waals surface area contributed by atoms with E-state index in [2.05, 4.69) is 11.4 Å². The number of benzene rings is 1. The molecular weight excluding hydrogens is 392 g/mol. The van der Waals surface area contributed by atoms with E-state index in [4.69, 9.17) is 9.47 Å². The molecule has 2 amide bonds. The van der Waals surface area contributed by atoms with Gasteiger partial charge in [-0.05, 0) is 62.3 Å². The fourth-order valence-corrected chi connectivity index (χ4v) is 4.64. The van der Waals surface area contributed by atoms with Gasteiger partial charge in [-0.2, -0.15) is 0 Å². The Morgan fingerprint density at radius 1 is 1.03 bits per heavy atom. The minimum atomic E-state index is -0.481. The first-order chi connectivity index (χ1) is 14.9. The van der Waals surface area contributed by atoms with Gasteiger partial charge < -0.3 is 19.7 Å². The number of rotatable bonds is 8. The number of nitrogens with one attached hydrogen (secondary N) is 1. The maximum Gasteiger partial charge on any atom is 0.245 e. The molecule has 0 unspecified atom stereocenters. The first-order valence-electron chi connectivity index (χ1n) is 11.9. The minimum absolute atomic E-state index is 0.0108. The van der Waals surface area contributed by atoms with Gasteiger partial charge in [-0.1, -0.05) is 33.1 Å². The smallest absolute Gasteiger partial charge is 0.245 e. The number of hydrogen-bond acceptors (Lipinski definition) is 4. The Morgan fingerprint density at radius 2 is 1.65 bits per heavy atom. The van der Waals surface area contributed by atoms with Crippen molar-refractivity contribution in [2.75, 3.05) is 19.8 Å². The van der Waals surface area contributed by atoms with Crippen LogP contribution in [0.1, 0.15) is 70.9 Å². The van der Waals surface area contributed by atoms with Crippen molar-refractivity contribution >= 4 is 11.8 Å². The summed E-state index contributed by atoms with van der Waals surface area (Å²) in [4.78, 5) is 28.1. The molecule has 0 saturated heterocycles. The molecule has 1 aromatic carbocycles. The van der Waals surface area contributed by atoms with E-state index < -0.39 is 6.04 Å². The quantitative estimate of drug-likeness (QED) is 0.675. The third-order valence-electron chi connectivity index (χ3n) is 6.40. The highest BCUT2D eigenvalue weighted by atomic mass is 16.5. The maximum atomic E-state index is 13.4. The van der Waals surface area contributed by atoms with E-state index in [0.717, 1.165) is 49.2 Å². The zero-order chi connectivity index (χ0) is 22.4. The Hall–Kier alpha value is -2.24. The van der Waals surface area contributed by atoms with Gasteiger partial charge in [0.15, 0.2) is 11.5 Å². The Balaban J connectivity index is 1.72. The van der Waals surface area contributed by atoms with Crippen molar-refractivity contribution < 1.29 is 19.1 Å². The molecule has 3 rings (SSSR count). The summed E-state index contributed by atoms with van der Waals surface area (Å²) >= 11 is 0. The molecule has 172 valence electrons. The molecule has 6 nitrogen and oxygen atoms in total. The van der Waals surface area contributed by atoms with Crippen molar-refractivity contribution in [1.82, 2.24) is 10.2 Å². The Bertz CT molecular complexity index is 771. The fourth-order valence-electron chi connectivity index (χ4n) is 4.64. The Labute approximate surface area is 186 Å². The summed E-state index contributed by atoms with van der Waals surface area (Å²) in [5.41, 5.74) is 2.29. The monoisotopic (exact) mass is 430 g/mol. The van der Waals surface area contributed by atoms with Crippen LogP contribution < -0.4 is 14.8 Å². The second-order valence-electron chi connectivity index (χ2n) is 9.01. The van der Waals surface area contributed by atoms with Gasteiger partial charge in [-0.3, -0.25) is 9.59 Å². The van der Waals surface area contributed by atoms with E-state index >= 15 is 0 Å². The van der Waals surface area contributed by atoms with E-state index in [1.54, 1.807) is 0 Å². The Kier molecular flexibility index (Phi) is 8.22. The van der Waals surface area contributed by atoms with Gasteiger partial charge >= 0.3 is 0 Å². The van der Waals surface area contributed by atoms with E-state index in [-0.39, 0.29) is 23.7 Å². The lowest BCUT2D eigenvalue weighted by Gasteiger charge is -2.34. The second kappa shape index (κ2) is 10.9. The van der Waals surface area contributed by atoms with Gasteiger partial charge in [0.2, 0.25) is 11.8 Å². The predicted octanol–water partition coefficient (Wildman–Crippen LogP) is 4.09. The summed E-state index contributed by atoms with van der Waals surface area (Å²) in [5.74, 6) is 1.64. The van der Waals surface area contributed by atoms with E-state index in [0.29, 0.717) is 26.3 Å². The molecule has 0 spiro atoms. The van der Waals surface area contributed by atoms with Gasteiger partial charge in [0, 0.05) is 19.0 Å². The number of fused-ring (bicyclic) bond motifs is 1. The highest BCUT2D eigenvalue weighted by molar-refractivity contribution is 5.89. The molecule has 1 saturated carbocycles. The molecule has 6 heteroatoms. The summed E-state index contributed by atoms with van der Waals surface area (Å²) in [7, 11) is 0. The number of nitrogens with zero attached hydrogens (tertiary/aromatic N) is 1. The Morgan fingerprint density at radius 3 is 2.23 bits per heavy atom. The number of carbonyl (C=O) groups is 2. The van der Waals surface area contributed by atoms with Crippen LogP contribution >= 0.6 is 0 Å². The molecule has 1 aliphatic heterocycles. The van der Waals surface area contributed by atoms with Crippen molar-refractivity contribution in [3.63, 3.8) is 0 Å². The largest absolute Gasteiger partial charge is 0.490 e. The summed E-state index contributed by atoms with van der Waals surface area (Å²) in [5, 5.41) is 3.09. The number of amides is 2. The molecular formula is C25H38N2O4. The third kappa shape index (κ3) is 5.72. The first kappa shape index (κ1) is 23.4. The fraction of sp³-hybridized carbons (Fsp3) is 0.680. The molecule has 31 heavy (non-hydrogen) atoms. The minimum Gasteiger partial charge on any atom is -0.490 e. The molecule has 1 aliphatic carbocycles. The lowest BCUT2D eigenvalue weighted by atomic mass is 9.88. The van der Waals surface area contributed by atoms with Crippen molar-refractivity contribution in [3.05, 3.63) is 23.3 Å². The van der Waals surface area contributed by atoms with Gasteiger partial charge in [-0.25, -0.2) is 0 Å². The third-order valence-corrected chi connectivity index (χ3v) is 6.40. The van der Waals surface area contributed by atoms with Gasteiger partial charge in [0.25, 0.3) is 0 Å². The molecule has 2 aliphatic rings. The van der Waals surface area contributed by atoms with Crippen LogP contribution in [-0.4, -0.2) is 42.5 Å². The van der Waals surface area contributed by atoms with Crippen molar-refractivity contribution in [1.29, 1.82) is 0 Å². The molecule has 0 bridgehead atoms. The van der Waals surface area contributed by atoms with Gasteiger partial charge in [0.1, 0.15) is 6.04 Å². The number of carbonyl (C=O) groups excluding carboxylic acids is 2. The zero-order valence-electron chi connectivity index (χ0n) is 19.5. The van der Waals surface area contributed by atoms with Crippen molar-refractivity contribution in [2.24, 2.45) is 11.8 Å². The van der Waals surface area contributed by atoms with Crippen molar-refractivity contribution in [2.45, 2.75) is 78.8 Å². The maximum absolute atomic E-state index is 13.4. The predicted molar refractivity (Wildman–Crippen MR) is 121 cm³/mol. The van der Waals surface area contributed by atoms with Gasteiger partial charge in [0.05, 0.1) is 13.2 Å². The normalized spacial score (nSPS) is 17.8. The van der Waals surface area contributed by atoms with Crippen LogP contribution in [0.25, 0.3) is 0 Å². The highest BCUT2D eigenvalue weighted by Crippen LogP contribution is 2.34. The average Bonchev–Trinajstić information content (AvgIpc) is 2.77. The number of hydrogen-bond donors (Lipinski definition) is 1. The summed E-state index contributed by atoms with van der Waals surface area (Å²) in [6, 6.07) is 3.58. The highest BCUT2D eigenvalue weighted by Gasteiger charge is 2.33. The van der Waals surface area contributed by atoms with Gasteiger partial charge in [-0.15, -0.1) is 0 Å². The van der Waals surface area contributed by atoms with Crippen molar-refractivity contribution in [3.8, 4) is 11.5 Å². The molecule has 1 atom stereocenters. The molecule has 1 fully saturated rings. The van der Waals surface area contributed by atoms with Crippen LogP contribution in [0.4, 0.5) is 0 Å². The zero-order valence-corrected chi connectivity index (χ0v) is 19.5. The number of ether oxygens (including phenoxy) is 2. The SMILES string of the molecule is CCOc1cc2c(cc1OCC)CN(C(=O)[C@H](NC(=O)C1CCCCC1)C(C)C)CC2. The van der Waals surface area contributed by atoms with Crippen LogP contribution in [0.15, 0.2) is 12.1 Å². The molecule has 0 aromatic heterocycles. The average molecular weight is 431 g/mol. The molecule has 0 radical (unpaired) electrons. The van der Waals surface area contributed by atoms with Crippen LogP contribution in [0.3, 0.4) is 0 Å². The van der Waals surface area contributed by atoms with Crippen LogP contribution in [0.5, 0.6) is 11.5 Å². The lowest BCUT2D eigenvalue weighted by Crippen LogP contribution is -2.53. The summed E-state index contributed by atoms with van der Waals surface area (Å²) in [6.07, 6.45) is 6.06. The van der Waals surface area contributed by atoms with E-state index in [1.165, 1.54) is 12.0 Å². The van der Waals surface area contributed by atoms with E-state index in [9.17, 15) is 9.59 Å². The summed E-state index contributed by atoms with van der Waals surface area (Å²) < 4.78 is 11.5. The topological polar surface area (TPSA) is 67.9 Å². The lowest BCUT2D eigenvalue weighted by molar-refractivity contribution is -0.139. The van der Waals surface area contributed by atoms with E-state index in [1.807, 2.05) is 38.7 Å². The summed E-state index contributed by atoms with van der Waals surface area (Å²) in [6.45, 7) is 10.2. The van der Waals surface area contributed by atoms with Crippen LogP contribution in [-0.2, 0) is 22.6 Å². The van der Waals surface area contributed by atoms with Crippen LogP contribution in [0.2, 0.25) is 0 Å². The van der Waals surface area contributed by atoms with Crippen LogP contribution in [0, 0.1) is 11.8 Å². The first-order valence-corrected chi connectivity index (χ1v) is 11.9. The second-order valence-corrected chi connectivity index (χ2v) is 9.01. The molecule has 1 N–H and O–H groups in total. The molecule has 1 aromatic rings. The standard InChI is InChI=1S/C25H38N2O4/c1-5-30-21-14-19-12-13-27(16-20(19)15-22(21)31-6-2)25(29)23(17(3)4)26-24(28)18-10-8-7-9-11-18/h14-15,17-18,23H,5-13,16H2,1-4H3,(H,26,28)/t23-/m1/s1.